The number of hydrogen-bond donors (Lipinski definition) is 1. The molecule has 0 aromatic carbocycles. The van der Waals surface area contributed by atoms with E-state index in [1.807, 2.05) is 6.92 Å². The zero-order valence-electron chi connectivity index (χ0n) is 13.0. The van der Waals surface area contributed by atoms with Crippen molar-refractivity contribution < 1.29 is 9.84 Å². The summed E-state index contributed by atoms with van der Waals surface area (Å²) in [4.78, 5) is 0. The summed E-state index contributed by atoms with van der Waals surface area (Å²) in [5, 5.41) is 9.90. The number of aliphatic hydroxyl groups is 1. The highest BCUT2D eigenvalue weighted by atomic mass is 16.5. The van der Waals surface area contributed by atoms with Crippen LogP contribution in [-0.4, -0.2) is 18.3 Å². The Balaban J connectivity index is 2.63. The quantitative estimate of drug-likeness (QED) is 0.549. The van der Waals surface area contributed by atoms with Crippen molar-refractivity contribution in [1.82, 2.24) is 0 Å². The SMILES string of the molecule is C=C(CCC1C=C(CC(C)C)C[C@@H](C(C)O)C1)OC. The van der Waals surface area contributed by atoms with E-state index in [2.05, 4.69) is 26.5 Å². The van der Waals surface area contributed by atoms with Crippen molar-refractivity contribution in [2.45, 2.75) is 59.0 Å². The highest BCUT2D eigenvalue weighted by Crippen LogP contribution is 2.35. The lowest BCUT2D eigenvalue weighted by Gasteiger charge is -2.31. The molecule has 0 aliphatic heterocycles. The van der Waals surface area contributed by atoms with Crippen LogP contribution in [0.25, 0.3) is 0 Å². The summed E-state index contributed by atoms with van der Waals surface area (Å²) in [6.45, 7) is 10.3. The molecule has 0 aromatic heterocycles. The molecular weight excluding hydrogens is 236 g/mol. The van der Waals surface area contributed by atoms with Gasteiger partial charge in [0.1, 0.15) is 0 Å². The molecule has 1 N–H and O–H groups in total. The maximum Gasteiger partial charge on any atom is 0.0884 e. The highest BCUT2D eigenvalue weighted by molar-refractivity contribution is 5.11. The van der Waals surface area contributed by atoms with Crippen molar-refractivity contribution in [2.24, 2.45) is 17.8 Å². The predicted molar refractivity (Wildman–Crippen MR) is 80.8 cm³/mol. The average Bonchev–Trinajstić information content (AvgIpc) is 2.34. The van der Waals surface area contributed by atoms with Gasteiger partial charge in [0, 0.05) is 6.42 Å². The summed E-state index contributed by atoms with van der Waals surface area (Å²) in [6, 6.07) is 0. The minimum absolute atomic E-state index is 0.205. The molecule has 2 unspecified atom stereocenters. The summed E-state index contributed by atoms with van der Waals surface area (Å²) >= 11 is 0. The second-order valence-corrected chi connectivity index (χ2v) is 6.40. The van der Waals surface area contributed by atoms with E-state index >= 15 is 0 Å². The minimum Gasteiger partial charge on any atom is -0.502 e. The summed E-state index contributed by atoms with van der Waals surface area (Å²) in [5.74, 6) is 2.53. The van der Waals surface area contributed by atoms with Crippen LogP contribution in [0.5, 0.6) is 0 Å². The van der Waals surface area contributed by atoms with Gasteiger partial charge in [0.25, 0.3) is 0 Å². The zero-order valence-corrected chi connectivity index (χ0v) is 13.0. The number of aliphatic hydroxyl groups excluding tert-OH is 1. The molecule has 2 heteroatoms. The van der Waals surface area contributed by atoms with Crippen molar-refractivity contribution in [3.8, 4) is 0 Å². The van der Waals surface area contributed by atoms with E-state index in [-0.39, 0.29) is 6.10 Å². The Bertz CT molecular complexity index is 315. The van der Waals surface area contributed by atoms with E-state index in [1.54, 1.807) is 7.11 Å². The van der Waals surface area contributed by atoms with Crippen molar-refractivity contribution in [2.75, 3.05) is 7.11 Å². The van der Waals surface area contributed by atoms with Gasteiger partial charge in [0.05, 0.1) is 19.0 Å². The van der Waals surface area contributed by atoms with E-state index in [4.69, 9.17) is 4.74 Å². The van der Waals surface area contributed by atoms with Gasteiger partial charge in [0.2, 0.25) is 0 Å². The molecule has 0 heterocycles. The number of rotatable bonds is 7. The van der Waals surface area contributed by atoms with E-state index in [9.17, 15) is 5.11 Å². The Morgan fingerprint density at radius 3 is 2.68 bits per heavy atom. The Morgan fingerprint density at radius 2 is 2.16 bits per heavy atom. The summed E-state index contributed by atoms with van der Waals surface area (Å²) in [5.41, 5.74) is 1.53. The molecule has 110 valence electrons. The lowest BCUT2D eigenvalue weighted by molar-refractivity contribution is 0.106. The second kappa shape index (κ2) is 7.74. The summed E-state index contributed by atoms with van der Waals surface area (Å²) in [7, 11) is 1.68. The van der Waals surface area contributed by atoms with Crippen molar-refractivity contribution in [3.05, 3.63) is 24.0 Å². The van der Waals surface area contributed by atoms with E-state index < -0.39 is 0 Å². The van der Waals surface area contributed by atoms with Crippen LogP contribution in [0.15, 0.2) is 24.0 Å². The Kier molecular flexibility index (Phi) is 6.64. The van der Waals surface area contributed by atoms with Crippen LogP contribution in [-0.2, 0) is 4.74 Å². The first kappa shape index (κ1) is 16.3. The lowest BCUT2D eigenvalue weighted by Crippen LogP contribution is -2.24. The van der Waals surface area contributed by atoms with Gasteiger partial charge < -0.3 is 9.84 Å². The van der Waals surface area contributed by atoms with Crippen molar-refractivity contribution >= 4 is 0 Å². The fraction of sp³-hybridized carbons (Fsp3) is 0.765. The number of allylic oxidation sites excluding steroid dienone is 3. The summed E-state index contributed by atoms with van der Waals surface area (Å²) in [6.07, 6.45) is 7.56. The van der Waals surface area contributed by atoms with Gasteiger partial charge in [-0.15, -0.1) is 0 Å². The van der Waals surface area contributed by atoms with Gasteiger partial charge in [0.15, 0.2) is 0 Å². The molecule has 0 aromatic rings. The first-order valence-corrected chi connectivity index (χ1v) is 7.51. The molecular formula is C17H30O2. The molecule has 1 aliphatic rings. The smallest absolute Gasteiger partial charge is 0.0884 e. The van der Waals surface area contributed by atoms with Gasteiger partial charge in [-0.1, -0.05) is 32.1 Å². The van der Waals surface area contributed by atoms with Crippen molar-refractivity contribution in [1.29, 1.82) is 0 Å². The summed E-state index contributed by atoms with van der Waals surface area (Å²) < 4.78 is 5.14. The Morgan fingerprint density at radius 1 is 1.47 bits per heavy atom. The topological polar surface area (TPSA) is 29.5 Å². The molecule has 1 rings (SSSR count). The third-order valence-corrected chi connectivity index (χ3v) is 4.04. The first-order valence-electron chi connectivity index (χ1n) is 7.51. The van der Waals surface area contributed by atoms with Crippen LogP contribution in [0.2, 0.25) is 0 Å². The second-order valence-electron chi connectivity index (χ2n) is 6.40. The highest BCUT2D eigenvalue weighted by Gasteiger charge is 2.25. The number of ether oxygens (including phenoxy) is 1. The fourth-order valence-electron chi connectivity index (χ4n) is 2.97. The van der Waals surface area contributed by atoms with Gasteiger partial charge in [-0.3, -0.25) is 0 Å². The van der Waals surface area contributed by atoms with Crippen molar-refractivity contribution in [3.63, 3.8) is 0 Å². The van der Waals surface area contributed by atoms with E-state index in [1.165, 1.54) is 5.57 Å². The number of hydrogen-bond acceptors (Lipinski definition) is 2. The molecule has 0 saturated carbocycles. The largest absolute Gasteiger partial charge is 0.502 e. The molecule has 2 nitrogen and oxygen atoms in total. The molecule has 0 bridgehead atoms. The molecule has 0 spiro atoms. The Hall–Kier alpha value is -0.760. The maximum absolute atomic E-state index is 9.90. The minimum atomic E-state index is -0.205. The predicted octanol–water partition coefficient (Wildman–Crippen LogP) is 4.31. The zero-order chi connectivity index (χ0) is 14.4. The molecule has 0 amide bonds. The van der Waals surface area contributed by atoms with Gasteiger partial charge >= 0.3 is 0 Å². The van der Waals surface area contributed by atoms with Crippen LogP contribution in [0.1, 0.15) is 52.9 Å². The molecule has 1 aliphatic carbocycles. The first-order chi connectivity index (χ1) is 8.92. The van der Waals surface area contributed by atoms with Crippen LogP contribution in [0.3, 0.4) is 0 Å². The van der Waals surface area contributed by atoms with Gasteiger partial charge in [-0.25, -0.2) is 0 Å². The van der Waals surface area contributed by atoms with E-state index in [0.717, 1.165) is 37.9 Å². The lowest BCUT2D eigenvalue weighted by atomic mass is 9.76. The van der Waals surface area contributed by atoms with Crippen LogP contribution < -0.4 is 0 Å². The fourth-order valence-corrected chi connectivity index (χ4v) is 2.97. The average molecular weight is 266 g/mol. The molecule has 0 saturated heterocycles. The standard InChI is InChI=1S/C17H30O2/c1-12(2)8-16-9-15(7-6-13(3)19-5)10-17(11-16)14(4)18/h9,12,14-15,17-18H,3,6-8,10-11H2,1-2,4-5H3/t14?,15?,17-/m0/s1. The normalized spacial score (nSPS) is 25.1. The molecule has 0 fully saturated rings. The van der Waals surface area contributed by atoms with Crippen LogP contribution >= 0.6 is 0 Å². The number of methoxy groups -OCH3 is 1. The maximum atomic E-state index is 9.90. The van der Waals surface area contributed by atoms with Gasteiger partial charge in [-0.05, 0) is 50.4 Å². The van der Waals surface area contributed by atoms with Crippen LogP contribution in [0.4, 0.5) is 0 Å². The third kappa shape index (κ3) is 5.82. The monoisotopic (exact) mass is 266 g/mol. The van der Waals surface area contributed by atoms with E-state index in [0.29, 0.717) is 17.8 Å². The molecule has 0 radical (unpaired) electrons. The third-order valence-electron chi connectivity index (χ3n) is 4.04. The van der Waals surface area contributed by atoms with Gasteiger partial charge in [-0.2, -0.15) is 0 Å². The molecule has 3 atom stereocenters. The molecule has 19 heavy (non-hydrogen) atoms. The van der Waals surface area contributed by atoms with Crippen LogP contribution in [0, 0.1) is 17.8 Å². The Labute approximate surface area is 118 Å².